The van der Waals surface area contributed by atoms with Gasteiger partial charge in [-0.3, -0.25) is 0 Å². The third-order valence-corrected chi connectivity index (χ3v) is 5.90. The van der Waals surface area contributed by atoms with Crippen LogP contribution in [0.2, 0.25) is 0 Å². The summed E-state index contributed by atoms with van der Waals surface area (Å²) in [5.41, 5.74) is 1.73. The van der Waals surface area contributed by atoms with Gasteiger partial charge in [-0.2, -0.15) is 0 Å². The van der Waals surface area contributed by atoms with Crippen LogP contribution in [-0.4, -0.2) is 26.1 Å². The van der Waals surface area contributed by atoms with Crippen LogP contribution in [0, 0.1) is 0 Å². The summed E-state index contributed by atoms with van der Waals surface area (Å²) in [6.07, 6.45) is 3.18. The molecule has 0 aliphatic heterocycles. The summed E-state index contributed by atoms with van der Waals surface area (Å²) in [5, 5.41) is 8.85. The maximum atomic E-state index is 12.7. The van der Waals surface area contributed by atoms with Gasteiger partial charge in [0.1, 0.15) is 5.75 Å². The van der Waals surface area contributed by atoms with E-state index in [2.05, 4.69) is 4.72 Å². The minimum absolute atomic E-state index is 0.226. The molecule has 6 nitrogen and oxygen atoms in total. The van der Waals surface area contributed by atoms with Crippen LogP contribution < -0.4 is 9.46 Å². The molecule has 1 unspecified atom stereocenters. The molecular formula is C19H21NO5S. The minimum atomic E-state index is -3.64. The predicted molar refractivity (Wildman–Crippen MR) is 96.6 cm³/mol. The lowest BCUT2D eigenvalue weighted by Gasteiger charge is -2.21. The molecule has 1 atom stereocenters. The molecule has 0 aromatic heterocycles. The fraction of sp³-hybridized carbons (Fsp3) is 0.316. The molecular weight excluding hydrogens is 354 g/mol. The number of hydrogen-bond donors (Lipinski definition) is 2. The van der Waals surface area contributed by atoms with Crippen LogP contribution in [0.4, 0.5) is 0 Å². The SMILES string of the molecule is O=C(O)COc1cccc2c1CCCCC2NS(=O)(=O)c1ccccc1. The van der Waals surface area contributed by atoms with Gasteiger partial charge in [-0.25, -0.2) is 17.9 Å². The number of carboxylic acids is 1. The summed E-state index contributed by atoms with van der Waals surface area (Å²) in [7, 11) is -3.64. The highest BCUT2D eigenvalue weighted by molar-refractivity contribution is 7.89. The minimum Gasteiger partial charge on any atom is -0.482 e. The molecule has 1 aliphatic rings. The summed E-state index contributed by atoms with van der Waals surface area (Å²) in [5.74, 6) is -0.534. The number of fused-ring (bicyclic) bond motifs is 1. The molecule has 0 amide bonds. The molecule has 0 fully saturated rings. The number of carbonyl (C=O) groups is 1. The van der Waals surface area contributed by atoms with Crippen LogP contribution >= 0.6 is 0 Å². The Bertz CT molecular complexity index is 880. The molecule has 7 heteroatoms. The van der Waals surface area contributed by atoms with E-state index in [-0.39, 0.29) is 10.9 Å². The van der Waals surface area contributed by atoms with Gasteiger partial charge < -0.3 is 9.84 Å². The molecule has 1 aliphatic carbocycles. The van der Waals surface area contributed by atoms with Crippen molar-refractivity contribution in [1.29, 1.82) is 0 Å². The first-order chi connectivity index (χ1) is 12.5. The van der Waals surface area contributed by atoms with E-state index in [1.54, 1.807) is 42.5 Å². The molecule has 26 heavy (non-hydrogen) atoms. The van der Waals surface area contributed by atoms with Crippen molar-refractivity contribution in [3.63, 3.8) is 0 Å². The van der Waals surface area contributed by atoms with Crippen molar-refractivity contribution in [2.75, 3.05) is 6.61 Å². The second kappa shape index (κ2) is 7.88. The van der Waals surface area contributed by atoms with Gasteiger partial charge >= 0.3 is 5.97 Å². The monoisotopic (exact) mass is 375 g/mol. The number of sulfonamides is 1. The standard InChI is InChI=1S/C19H21NO5S/c21-19(22)13-25-18-12-6-10-15-16(18)9-4-5-11-17(15)20-26(23,24)14-7-2-1-3-8-14/h1-3,6-8,10,12,17,20H,4-5,9,11,13H2,(H,21,22). The normalized spacial score (nSPS) is 17.2. The maximum Gasteiger partial charge on any atom is 0.341 e. The number of benzene rings is 2. The smallest absolute Gasteiger partial charge is 0.341 e. The number of ether oxygens (including phenoxy) is 1. The Labute approximate surface area is 152 Å². The van der Waals surface area contributed by atoms with Crippen LogP contribution in [-0.2, 0) is 21.2 Å². The van der Waals surface area contributed by atoms with E-state index in [4.69, 9.17) is 9.84 Å². The fourth-order valence-electron chi connectivity index (χ4n) is 3.23. The Balaban J connectivity index is 1.91. The first kappa shape index (κ1) is 18.4. The quantitative estimate of drug-likeness (QED) is 0.758. The Hall–Kier alpha value is -2.38. The van der Waals surface area contributed by atoms with Crippen molar-refractivity contribution in [2.45, 2.75) is 36.6 Å². The zero-order valence-electron chi connectivity index (χ0n) is 14.2. The molecule has 0 radical (unpaired) electrons. The van der Waals surface area contributed by atoms with Crippen molar-refractivity contribution in [1.82, 2.24) is 4.72 Å². The Morgan fingerprint density at radius 1 is 1.12 bits per heavy atom. The van der Waals surface area contributed by atoms with Crippen LogP contribution in [0.5, 0.6) is 5.75 Å². The molecule has 0 saturated carbocycles. The Kier molecular flexibility index (Phi) is 5.58. The van der Waals surface area contributed by atoms with Gasteiger partial charge in [-0.15, -0.1) is 0 Å². The molecule has 0 bridgehead atoms. The van der Waals surface area contributed by atoms with Crippen molar-refractivity contribution in [2.24, 2.45) is 0 Å². The fourth-order valence-corrected chi connectivity index (χ4v) is 4.51. The predicted octanol–water partition coefficient (Wildman–Crippen LogP) is 2.90. The number of rotatable bonds is 6. The number of nitrogens with one attached hydrogen (secondary N) is 1. The molecule has 2 aromatic rings. The van der Waals surface area contributed by atoms with Crippen LogP contribution in [0.3, 0.4) is 0 Å². The third kappa shape index (κ3) is 4.23. The molecule has 138 valence electrons. The average molecular weight is 375 g/mol. The van der Waals surface area contributed by atoms with E-state index in [9.17, 15) is 13.2 Å². The molecule has 2 N–H and O–H groups in total. The Morgan fingerprint density at radius 3 is 2.62 bits per heavy atom. The van der Waals surface area contributed by atoms with Gasteiger partial charge in [0.25, 0.3) is 0 Å². The number of aliphatic carboxylic acids is 1. The van der Waals surface area contributed by atoms with Crippen LogP contribution in [0.1, 0.15) is 36.4 Å². The highest BCUT2D eigenvalue weighted by atomic mass is 32.2. The highest BCUT2D eigenvalue weighted by Gasteiger charge is 2.26. The van der Waals surface area contributed by atoms with E-state index in [1.165, 1.54) is 0 Å². The van der Waals surface area contributed by atoms with Gasteiger partial charge in [0, 0.05) is 6.04 Å². The Morgan fingerprint density at radius 2 is 1.88 bits per heavy atom. The van der Waals surface area contributed by atoms with Crippen LogP contribution in [0.25, 0.3) is 0 Å². The highest BCUT2D eigenvalue weighted by Crippen LogP contribution is 2.35. The lowest BCUT2D eigenvalue weighted by molar-refractivity contribution is -0.139. The van der Waals surface area contributed by atoms with Crippen molar-refractivity contribution >= 4 is 16.0 Å². The third-order valence-electron chi connectivity index (χ3n) is 4.42. The summed E-state index contributed by atoms with van der Waals surface area (Å²) >= 11 is 0. The zero-order valence-corrected chi connectivity index (χ0v) is 15.0. The summed E-state index contributed by atoms with van der Waals surface area (Å²) in [6, 6.07) is 13.3. The molecule has 2 aromatic carbocycles. The van der Waals surface area contributed by atoms with Gasteiger partial charge in [-0.1, -0.05) is 36.8 Å². The largest absolute Gasteiger partial charge is 0.482 e. The van der Waals surface area contributed by atoms with E-state index in [0.717, 1.165) is 30.4 Å². The molecule has 0 saturated heterocycles. The average Bonchev–Trinajstić information content (AvgIpc) is 2.83. The summed E-state index contributed by atoms with van der Waals surface area (Å²) < 4.78 is 33.6. The number of hydrogen-bond acceptors (Lipinski definition) is 4. The van der Waals surface area contributed by atoms with Crippen molar-refractivity contribution in [3.05, 3.63) is 59.7 Å². The summed E-state index contributed by atoms with van der Waals surface area (Å²) in [6.45, 7) is -0.420. The molecule has 3 rings (SSSR count). The second-order valence-electron chi connectivity index (χ2n) is 6.24. The maximum absolute atomic E-state index is 12.7. The number of carboxylic acid groups (broad SMARTS) is 1. The van der Waals surface area contributed by atoms with Crippen molar-refractivity contribution in [3.8, 4) is 5.75 Å². The van der Waals surface area contributed by atoms with Crippen LogP contribution in [0.15, 0.2) is 53.4 Å². The van der Waals surface area contributed by atoms with Gasteiger partial charge in [0.2, 0.25) is 10.0 Å². The van der Waals surface area contributed by atoms with E-state index in [1.807, 2.05) is 6.07 Å². The van der Waals surface area contributed by atoms with E-state index < -0.39 is 22.6 Å². The van der Waals surface area contributed by atoms with Crippen molar-refractivity contribution < 1.29 is 23.1 Å². The van der Waals surface area contributed by atoms with Gasteiger partial charge in [0.15, 0.2) is 6.61 Å². The van der Waals surface area contributed by atoms with E-state index >= 15 is 0 Å². The van der Waals surface area contributed by atoms with Gasteiger partial charge in [-0.05, 0) is 48.6 Å². The summed E-state index contributed by atoms with van der Waals surface area (Å²) in [4.78, 5) is 11.0. The topological polar surface area (TPSA) is 92.7 Å². The van der Waals surface area contributed by atoms with Gasteiger partial charge in [0.05, 0.1) is 4.90 Å². The lowest BCUT2D eigenvalue weighted by atomic mass is 9.99. The van der Waals surface area contributed by atoms with E-state index in [0.29, 0.717) is 12.2 Å². The molecule has 0 heterocycles. The molecule has 0 spiro atoms. The lowest BCUT2D eigenvalue weighted by Crippen LogP contribution is -2.29. The zero-order chi connectivity index (χ0) is 18.6. The first-order valence-electron chi connectivity index (χ1n) is 8.51. The first-order valence-corrected chi connectivity index (χ1v) is 9.99. The second-order valence-corrected chi connectivity index (χ2v) is 7.95.